The van der Waals surface area contributed by atoms with Crippen molar-refractivity contribution in [2.24, 2.45) is 5.41 Å². The monoisotopic (exact) mass is 505 g/mol. The maximum Gasteiger partial charge on any atom is 0.232 e. The molecule has 0 fully saturated rings. The largest absolute Gasteiger partial charge is 0.420 e. The summed E-state index contributed by atoms with van der Waals surface area (Å²) < 4.78 is 17.9. The van der Waals surface area contributed by atoms with Crippen LogP contribution in [0.5, 0.6) is 11.8 Å². The number of carbonyl (C=O) groups excluding carboxylic acids is 1. The average Bonchev–Trinajstić information content (AvgIpc) is 3.35. The Morgan fingerprint density at radius 3 is 2.37 bits per heavy atom. The van der Waals surface area contributed by atoms with Crippen molar-refractivity contribution in [3.63, 3.8) is 0 Å². The molecule has 4 heterocycles. The van der Waals surface area contributed by atoms with Crippen LogP contribution < -0.4 is 10.1 Å². The number of nitrogens with zero attached hydrogens (tertiary/aromatic N) is 4. The van der Waals surface area contributed by atoms with Gasteiger partial charge >= 0.3 is 0 Å². The summed E-state index contributed by atoms with van der Waals surface area (Å²) in [6, 6.07) is 15.2. The molecule has 10 heteroatoms. The Bertz CT molecular complexity index is 1440. The van der Waals surface area contributed by atoms with E-state index in [1.54, 1.807) is 11.8 Å². The number of amides is 1. The Morgan fingerprint density at radius 2 is 1.71 bits per heavy atom. The molecule has 178 valence electrons. The second-order valence-electron chi connectivity index (χ2n) is 8.87. The minimum Gasteiger partial charge on any atom is -0.420 e. The molecule has 1 aliphatic heterocycles. The molecule has 0 spiro atoms. The quantitative estimate of drug-likeness (QED) is 0.409. The summed E-state index contributed by atoms with van der Waals surface area (Å²) in [5.74, 6) is 0.318. The maximum absolute atomic E-state index is 13.4. The van der Waals surface area contributed by atoms with Crippen LogP contribution in [0.25, 0.3) is 11.3 Å². The molecule has 0 radical (unpaired) electrons. The maximum atomic E-state index is 13.4. The molecule has 0 saturated carbocycles. The molecule has 1 amide bonds. The molecule has 0 bridgehead atoms. The van der Waals surface area contributed by atoms with E-state index in [0.29, 0.717) is 22.6 Å². The lowest BCUT2D eigenvalue weighted by Crippen LogP contribution is -2.38. The Labute approximate surface area is 209 Å². The van der Waals surface area contributed by atoms with Crippen molar-refractivity contribution in [1.82, 2.24) is 20.2 Å². The zero-order valence-corrected chi connectivity index (χ0v) is 21.2. The van der Waals surface area contributed by atoms with E-state index in [0.717, 1.165) is 27.3 Å². The molecule has 35 heavy (non-hydrogen) atoms. The van der Waals surface area contributed by atoms with Crippen molar-refractivity contribution in [1.29, 1.82) is 0 Å². The smallest absolute Gasteiger partial charge is 0.232 e. The van der Waals surface area contributed by atoms with Crippen molar-refractivity contribution in [3.8, 4) is 23.0 Å². The lowest BCUT2D eigenvalue weighted by atomic mass is 9.70. The van der Waals surface area contributed by atoms with E-state index in [-0.39, 0.29) is 11.8 Å². The van der Waals surface area contributed by atoms with Crippen molar-refractivity contribution in [3.05, 3.63) is 70.9 Å². The fraction of sp³-hybridized carbons (Fsp3) is 0.240. The topological polar surface area (TPSA) is 107 Å². The van der Waals surface area contributed by atoms with Gasteiger partial charge in [0, 0.05) is 50.3 Å². The fourth-order valence-electron chi connectivity index (χ4n) is 4.23. The fourth-order valence-corrected chi connectivity index (χ4v) is 5.19. The molecule has 4 aromatic rings. The molecule has 2 atom stereocenters. The third-order valence-electron chi connectivity index (χ3n) is 6.10. The molecular formula is C25H23N5O3S2. The Balaban J connectivity index is 1.58. The number of ether oxygens (including phenoxy) is 1. The minimum atomic E-state index is -1.05. The van der Waals surface area contributed by atoms with Gasteiger partial charge in [0.05, 0.1) is 11.1 Å². The second kappa shape index (κ2) is 8.94. The van der Waals surface area contributed by atoms with Gasteiger partial charge in [-0.25, -0.2) is 9.97 Å². The third kappa shape index (κ3) is 4.35. The predicted molar refractivity (Wildman–Crippen MR) is 135 cm³/mol. The number of carbonyl (C=O) groups is 1. The molecule has 1 aliphatic rings. The highest BCUT2D eigenvalue weighted by Crippen LogP contribution is 2.51. The number of nitrogens with one attached hydrogen (secondary N) is 1. The number of anilines is 1. The van der Waals surface area contributed by atoms with Gasteiger partial charge in [0.2, 0.25) is 22.8 Å². The first-order valence-electron chi connectivity index (χ1n) is 10.9. The Hall–Kier alpha value is -3.50. The van der Waals surface area contributed by atoms with Crippen LogP contribution in [0.4, 0.5) is 5.13 Å². The number of fused-ring (bicyclic) bond motifs is 2. The first kappa shape index (κ1) is 23.3. The first-order chi connectivity index (χ1) is 16.7. The Morgan fingerprint density at radius 1 is 1.03 bits per heavy atom. The van der Waals surface area contributed by atoms with Gasteiger partial charge < -0.3 is 10.1 Å². The van der Waals surface area contributed by atoms with Gasteiger partial charge in [-0.05, 0) is 31.2 Å². The highest BCUT2D eigenvalue weighted by Gasteiger charge is 2.45. The summed E-state index contributed by atoms with van der Waals surface area (Å²) in [6.07, 6.45) is 1.65. The van der Waals surface area contributed by atoms with Gasteiger partial charge in [-0.1, -0.05) is 49.4 Å². The molecule has 5 rings (SSSR count). The standard InChI is InChI=1S/C25H23N5O3S2/c1-14-5-10-17-20(25(2,3)23(31)29-24-30-26-13-34-24)18-11-12-19(28-22(18)33-21(17)27-14)15-6-8-16(9-7-15)35(4)32/h5-13,20H,1-4H3,(H,29,30,31)/t20-,35?/m0/s1. The van der Waals surface area contributed by atoms with Gasteiger partial charge in [-0.3, -0.25) is 9.00 Å². The SMILES string of the molecule is Cc1ccc2c(n1)Oc1nc(-c3ccc(S(C)=O)cc3)ccc1[C@H]2C(C)(C)C(=O)Nc1nncs1. The number of hydrogen-bond donors (Lipinski definition) is 1. The summed E-state index contributed by atoms with van der Waals surface area (Å²) in [7, 11) is -1.05. The van der Waals surface area contributed by atoms with Crippen LogP contribution in [-0.2, 0) is 15.6 Å². The van der Waals surface area contributed by atoms with Crippen LogP contribution in [-0.4, -0.2) is 36.5 Å². The number of aromatic nitrogens is 4. The summed E-state index contributed by atoms with van der Waals surface area (Å²) in [5.41, 5.74) is 4.71. The molecular weight excluding hydrogens is 482 g/mol. The van der Waals surface area contributed by atoms with E-state index in [9.17, 15) is 9.00 Å². The molecule has 0 saturated heterocycles. The number of benzene rings is 1. The van der Waals surface area contributed by atoms with Gasteiger partial charge in [0.25, 0.3) is 0 Å². The van der Waals surface area contributed by atoms with Crippen molar-refractivity contribution >= 4 is 33.2 Å². The zero-order valence-electron chi connectivity index (χ0n) is 19.6. The first-order valence-corrected chi connectivity index (χ1v) is 13.4. The minimum absolute atomic E-state index is 0.189. The summed E-state index contributed by atoms with van der Waals surface area (Å²) in [6.45, 7) is 5.68. The predicted octanol–water partition coefficient (Wildman–Crippen LogP) is 4.94. The molecule has 1 unspecified atom stereocenters. The summed E-state index contributed by atoms with van der Waals surface area (Å²) in [5, 5.41) is 11.1. The highest BCUT2D eigenvalue weighted by atomic mass is 32.2. The normalized spacial score (nSPS) is 15.5. The number of pyridine rings is 2. The van der Waals surface area contributed by atoms with Gasteiger partial charge in [0.15, 0.2) is 0 Å². The van der Waals surface area contributed by atoms with E-state index in [1.165, 1.54) is 11.3 Å². The van der Waals surface area contributed by atoms with Gasteiger partial charge in [-0.15, -0.1) is 10.2 Å². The number of hydrogen-bond acceptors (Lipinski definition) is 8. The molecule has 8 nitrogen and oxygen atoms in total. The van der Waals surface area contributed by atoms with Crippen LogP contribution in [0.15, 0.2) is 58.9 Å². The van der Waals surface area contributed by atoms with E-state index in [1.807, 2.05) is 69.3 Å². The van der Waals surface area contributed by atoms with Crippen molar-refractivity contribution < 1.29 is 13.7 Å². The van der Waals surface area contributed by atoms with E-state index in [4.69, 9.17) is 9.72 Å². The lowest BCUT2D eigenvalue weighted by molar-refractivity contribution is -0.124. The molecule has 1 N–H and O–H groups in total. The zero-order chi connectivity index (χ0) is 24.7. The molecule has 1 aromatic carbocycles. The highest BCUT2D eigenvalue weighted by molar-refractivity contribution is 7.84. The van der Waals surface area contributed by atoms with Crippen LogP contribution in [0.3, 0.4) is 0 Å². The average molecular weight is 506 g/mol. The van der Waals surface area contributed by atoms with Gasteiger partial charge in [0.1, 0.15) is 5.51 Å². The van der Waals surface area contributed by atoms with Crippen molar-refractivity contribution in [2.75, 3.05) is 11.6 Å². The lowest BCUT2D eigenvalue weighted by Gasteiger charge is -2.37. The van der Waals surface area contributed by atoms with Gasteiger partial charge in [-0.2, -0.15) is 0 Å². The number of aryl methyl sites for hydroxylation is 1. The van der Waals surface area contributed by atoms with Crippen LogP contribution >= 0.6 is 11.3 Å². The Kier molecular flexibility index (Phi) is 5.94. The van der Waals surface area contributed by atoms with Crippen molar-refractivity contribution in [2.45, 2.75) is 31.6 Å². The third-order valence-corrected chi connectivity index (χ3v) is 7.65. The van der Waals surface area contributed by atoms with E-state index < -0.39 is 16.2 Å². The summed E-state index contributed by atoms with van der Waals surface area (Å²) >= 11 is 1.27. The number of rotatable bonds is 5. The molecule has 3 aromatic heterocycles. The van der Waals surface area contributed by atoms with Crippen LogP contribution in [0.1, 0.15) is 36.6 Å². The second-order valence-corrected chi connectivity index (χ2v) is 11.1. The van der Waals surface area contributed by atoms with Crippen LogP contribution in [0.2, 0.25) is 0 Å². The van der Waals surface area contributed by atoms with Crippen LogP contribution in [0, 0.1) is 12.3 Å². The summed E-state index contributed by atoms with van der Waals surface area (Å²) in [4.78, 5) is 23.6. The molecule has 0 aliphatic carbocycles. The van der Waals surface area contributed by atoms with E-state index in [2.05, 4.69) is 20.5 Å². The van der Waals surface area contributed by atoms with E-state index >= 15 is 0 Å².